The molecule has 0 radical (unpaired) electrons. The van der Waals surface area contributed by atoms with Crippen LogP contribution in [0, 0.1) is 11.2 Å². The van der Waals surface area contributed by atoms with Crippen molar-refractivity contribution in [3.05, 3.63) is 131 Å². The summed E-state index contributed by atoms with van der Waals surface area (Å²) >= 11 is 0. The molecule has 1 spiro atoms. The first-order chi connectivity index (χ1) is 20.4. The van der Waals surface area contributed by atoms with E-state index in [1.54, 1.807) is 42.5 Å². The second-order valence-electron chi connectivity index (χ2n) is 10.7. The molecule has 4 aromatic rings. The standard InChI is InChI=1S/C35H26FNO5/c1-41-23-16-17-28(42-2)26(19-23)30-31(32(38)21-11-14-22(36)15-12-21)37-27-10-6-3-7-20(27)13-18-29(37)35(30)33(39)24-8-4-5-9-25(24)34(35)40/h3-19,29-31H,1-2H3/t29-,30-,31+/m1/s1. The van der Waals surface area contributed by atoms with Crippen molar-refractivity contribution in [3.8, 4) is 11.5 Å². The molecule has 42 heavy (non-hydrogen) atoms. The number of ketones is 3. The summed E-state index contributed by atoms with van der Waals surface area (Å²) in [5.41, 5.74) is 1.33. The Morgan fingerprint density at radius 1 is 0.833 bits per heavy atom. The van der Waals surface area contributed by atoms with E-state index in [1.165, 1.54) is 38.5 Å². The van der Waals surface area contributed by atoms with Gasteiger partial charge in [-0.3, -0.25) is 14.4 Å². The van der Waals surface area contributed by atoms with Crippen LogP contribution in [0.15, 0.2) is 97.1 Å². The van der Waals surface area contributed by atoms with E-state index in [0.717, 1.165) is 11.3 Å². The van der Waals surface area contributed by atoms with Crippen LogP contribution < -0.4 is 14.4 Å². The molecule has 1 fully saturated rings. The summed E-state index contributed by atoms with van der Waals surface area (Å²) in [6.45, 7) is 0. The monoisotopic (exact) mass is 559 g/mol. The second kappa shape index (κ2) is 9.52. The molecule has 7 rings (SSSR count). The van der Waals surface area contributed by atoms with Crippen LogP contribution in [0.1, 0.15) is 48.1 Å². The Morgan fingerprint density at radius 2 is 1.50 bits per heavy atom. The van der Waals surface area contributed by atoms with Gasteiger partial charge in [0.1, 0.15) is 28.8 Å². The lowest BCUT2D eigenvalue weighted by molar-refractivity contribution is 0.0664. The molecule has 1 aliphatic carbocycles. The molecule has 1 saturated heterocycles. The van der Waals surface area contributed by atoms with Crippen LogP contribution in [0.2, 0.25) is 0 Å². The number of carbonyl (C=O) groups is 3. The normalized spacial score (nSPS) is 21.2. The van der Waals surface area contributed by atoms with Gasteiger partial charge in [-0.15, -0.1) is 0 Å². The number of nitrogens with zero attached hydrogens (tertiary/aromatic N) is 1. The van der Waals surface area contributed by atoms with Crippen LogP contribution in [0.3, 0.4) is 0 Å². The number of carbonyl (C=O) groups excluding carboxylic acids is 3. The van der Waals surface area contributed by atoms with E-state index in [1.807, 2.05) is 41.3 Å². The zero-order valence-corrected chi connectivity index (χ0v) is 22.9. The van der Waals surface area contributed by atoms with Crippen molar-refractivity contribution < 1.29 is 28.2 Å². The van der Waals surface area contributed by atoms with Gasteiger partial charge >= 0.3 is 0 Å². The van der Waals surface area contributed by atoms with Gasteiger partial charge in [-0.05, 0) is 54.1 Å². The Bertz CT molecular complexity index is 1780. The first-order valence-electron chi connectivity index (χ1n) is 13.7. The number of halogens is 1. The maximum atomic E-state index is 14.8. The van der Waals surface area contributed by atoms with Gasteiger partial charge in [0.15, 0.2) is 17.3 Å². The molecular weight excluding hydrogens is 533 g/mol. The van der Waals surface area contributed by atoms with Crippen LogP contribution in [0.25, 0.3) is 6.08 Å². The quantitative estimate of drug-likeness (QED) is 0.216. The Morgan fingerprint density at radius 3 is 2.17 bits per heavy atom. The van der Waals surface area contributed by atoms with Gasteiger partial charge in [0.2, 0.25) is 0 Å². The number of benzene rings is 4. The van der Waals surface area contributed by atoms with E-state index in [9.17, 15) is 18.8 Å². The van der Waals surface area contributed by atoms with Crippen molar-refractivity contribution >= 4 is 29.1 Å². The molecule has 0 unspecified atom stereocenters. The number of rotatable bonds is 5. The minimum absolute atomic E-state index is 0.270. The smallest absolute Gasteiger partial charge is 0.185 e. The number of para-hydroxylation sites is 1. The molecule has 4 aromatic carbocycles. The van der Waals surface area contributed by atoms with Crippen LogP contribution in [-0.4, -0.2) is 43.7 Å². The maximum absolute atomic E-state index is 14.8. The average molecular weight is 560 g/mol. The predicted molar refractivity (Wildman–Crippen MR) is 156 cm³/mol. The fraction of sp³-hybridized carbons (Fsp3) is 0.171. The van der Waals surface area contributed by atoms with Crippen LogP contribution in [-0.2, 0) is 0 Å². The molecule has 2 aliphatic heterocycles. The van der Waals surface area contributed by atoms with E-state index in [2.05, 4.69) is 0 Å². The molecule has 0 aromatic heterocycles. The van der Waals surface area contributed by atoms with Gasteiger partial charge in [0.05, 0.1) is 20.3 Å². The van der Waals surface area contributed by atoms with Crippen molar-refractivity contribution in [1.82, 2.24) is 0 Å². The Labute approximate surface area is 242 Å². The number of hydrogen-bond acceptors (Lipinski definition) is 6. The van der Waals surface area contributed by atoms with Gasteiger partial charge in [0, 0.05) is 33.9 Å². The Kier molecular flexibility index (Phi) is 5.87. The van der Waals surface area contributed by atoms with Gasteiger partial charge < -0.3 is 14.4 Å². The van der Waals surface area contributed by atoms with Crippen LogP contribution in [0.4, 0.5) is 10.1 Å². The topological polar surface area (TPSA) is 72.9 Å². The lowest BCUT2D eigenvalue weighted by Crippen LogP contribution is -2.48. The van der Waals surface area contributed by atoms with Gasteiger partial charge in [0.25, 0.3) is 0 Å². The summed E-state index contributed by atoms with van der Waals surface area (Å²) in [6, 6.07) is 23.2. The molecule has 0 bridgehead atoms. The fourth-order valence-corrected chi connectivity index (χ4v) is 7.13. The number of fused-ring (bicyclic) bond motifs is 5. The Hall–Kier alpha value is -5.04. The summed E-state index contributed by atoms with van der Waals surface area (Å²) in [5, 5.41) is 0. The second-order valence-corrected chi connectivity index (χ2v) is 10.7. The molecule has 2 heterocycles. The number of anilines is 1. The van der Waals surface area contributed by atoms with E-state index >= 15 is 0 Å². The van der Waals surface area contributed by atoms with Gasteiger partial charge in [-0.1, -0.05) is 54.6 Å². The molecular formula is C35H26FNO5. The first kappa shape index (κ1) is 25.9. The molecule has 7 heteroatoms. The average Bonchev–Trinajstić information content (AvgIpc) is 3.46. The largest absolute Gasteiger partial charge is 0.497 e. The van der Waals surface area contributed by atoms with Gasteiger partial charge in [-0.2, -0.15) is 0 Å². The highest BCUT2D eigenvalue weighted by Gasteiger charge is 2.72. The summed E-state index contributed by atoms with van der Waals surface area (Å²) < 4.78 is 25.3. The third-order valence-electron chi connectivity index (χ3n) is 8.88. The zero-order valence-electron chi connectivity index (χ0n) is 22.9. The Balaban J connectivity index is 1.58. The lowest BCUT2D eigenvalue weighted by Gasteiger charge is -2.37. The number of hydrogen-bond donors (Lipinski definition) is 0. The lowest BCUT2D eigenvalue weighted by atomic mass is 9.64. The highest BCUT2D eigenvalue weighted by molar-refractivity contribution is 6.32. The molecule has 0 amide bonds. The highest BCUT2D eigenvalue weighted by atomic mass is 19.1. The number of ether oxygens (including phenoxy) is 2. The molecule has 3 aliphatic rings. The minimum Gasteiger partial charge on any atom is -0.497 e. The number of methoxy groups -OCH3 is 2. The summed E-state index contributed by atoms with van der Waals surface area (Å²) in [7, 11) is 3.04. The van der Waals surface area contributed by atoms with Crippen LogP contribution in [0.5, 0.6) is 11.5 Å². The minimum atomic E-state index is -1.69. The molecule has 3 atom stereocenters. The molecule has 208 valence electrons. The summed E-state index contributed by atoms with van der Waals surface area (Å²) in [6.07, 6.45) is 3.77. The van der Waals surface area contributed by atoms with Crippen molar-refractivity contribution in [3.63, 3.8) is 0 Å². The fourth-order valence-electron chi connectivity index (χ4n) is 7.13. The molecule has 0 N–H and O–H groups in total. The third-order valence-corrected chi connectivity index (χ3v) is 8.88. The van der Waals surface area contributed by atoms with Crippen molar-refractivity contribution in [2.24, 2.45) is 5.41 Å². The SMILES string of the molecule is COc1ccc(OC)c([C@@H]2[C@@H](C(=O)c3ccc(F)cc3)N3c4ccccc4C=C[C@@H]3C23C(=O)c2ccccc2C3=O)c1. The van der Waals surface area contributed by atoms with Crippen molar-refractivity contribution in [1.29, 1.82) is 0 Å². The zero-order chi connectivity index (χ0) is 29.2. The predicted octanol–water partition coefficient (Wildman–Crippen LogP) is 6.16. The summed E-state index contributed by atoms with van der Waals surface area (Å²) in [5.74, 6) is -1.56. The molecule has 6 nitrogen and oxygen atoms in total. The van der Waals surface area contributed by atoms with E-state index in [4.69, 9.17) is 9.47 Å². The maximum Gasteiger partial charge on any atom is 0.185 e. The summed E-state index contributed by atoms with van der Waals surface area (Å²) in [4.78, 5) is 46.2. The van der Waals surface area contributed by atoms with E-state index < -0.39 is 29.2 Å². The van der Waals surface area contributed by atoms with Crippen molar-refractivity contribution in [2.75, 3.05) is 19.1 Å². The number of Topliss-reactive ketones (excluding diaryl/α,β-unsaturated/α-hetero) is 3. The van der Waals surface area contributed by atoms with Gasteiger partial charge in [-0.25, -0.2) is 4.39 Å². The van der Waals surface area contributed by atoms with Crippen LogP contribution >= 0.6 is 0 Å². The first-order valence-corrected chi connectivity index (χ1v) is 13.7. The van der Waals surface area contributed by atoms with E-state index in [0.29, 0.717) is 28.2 Å². The molecule has 0 saturated carbocycles. The van der Waals surface area contributed by atoms with Crippen molar-refractivity contribution in [2.45, 2.75) is 18.0 Å². The third kappa shape index (κ3) is 3.40. The van der Waals surface area contributed by atoms with E-state index in [-0.39, 0.29) is 22.9 Å². The highest BCUT2D eigenvalue weighted by Crippen LogP contribution is 2.62.